The second-order valence-electron chi connectivity index (χ2n) is 7.17. The quantitative estimate of drug-likeness (QED) is 0.711. The second kappa shape index (κ2) is 7.78. The highest BCUT2D eigenvalue weighted by Gasteiger charge is 2.20. The van der Waals surface area contributed by atoms with Crippen molar-refractivity contribution in [3.63, 3.8) is 0 Å². The van der Waals surface area contributed by atoms with Gasteiger partial charge in [0.15, 0.2) is 0 Å². The predicted molar refractivity (Wildman–Crippen MR) is 85.3 cm³/mol. The maximum absolute atomic E-state index is 13.4. The molecule has 0 aliphatic rings. The summed E-state index contributed by atoms with van der Waals surface area (Å²) in [6.07, 6.45) is 3.34. The van der Waals surface area contributed by atoms with Gasteiger partial charge in [0.05, 0.1) is 0 Å². The lowest BCUT2D eigenvalue weighted by molar-refractivity contribution is 0.275. The zero-order valence-electron chi connectivity index (χ0n) is 13.7. The van der Waals surface area contributed by atoms with Crippen LogP contribution >= 0.6 is 0 Å². The van der Waals surface area contributed by atoms with Crippen LogP contribution in [0.2, 0.25) is 0 Å². The molecule has 1 rings (SSSR count). The van der Waals surface area contributed by atoms with Gasteiger partial charge in [0, 0.05) is 6.04 Å². The van der Waals surface area contributed by atoms with Crippen LogP contribution in [0.5, 0.6) is 0 Å². The van der Waals surface area contributed by atoms with E-state index in [2.05, 4.69) is 39.9 Å². The summed E-state index contributed by atoms with van der Waals surface area (Å²) in [7, 11) is 0. The fourth-order valence-electron chi connectivity index (χ4n) is 2.91. The number of halogens is 1. The first-order chi connectivity index (χ1) is 9.31. The van der Waals surface area contributed by atoms with Gasteiger partial charge in [-0.15, -0.1) is 0 Å². The fourth-order valence-corrected chi connectivity index (χ4v) is 2.91. The number of hydrogen-bond donors (Lipinski definition) is 1. The maximum Gasteiger partial charge on any atom is 0.123 e. The first kappa shape index (κ1) is 17.2. The third kappa shape index (κ3) is 6.51. The summed E-state index contributed by atoms with van der Waals surface area (Å²) in [6.45, 7) is 12.3. The zero-order valence-corrected chi connectivity index (χ0v) is 13.7. The molecule has 0 saturated heterocycles. The van der Waals surface area contributed by atoms with Crippen molar-refractivity contribution in [2.45, 2.75) is 59.9 Å². The number of nitrogens with one attached hydrogen (secondary N) is 1. The first-order valence-electron chi connectivity index (χ1n) is 7.80. The van der Waals surface area contributed by atoms with E-state index < -0.39 is 0 Å². The molecule has 0 fully saturated rings. The van der Waals surface area contributed by atoms with Crippen molar-refractivity contribution >= 4 is 0 Å². The van der Waals surface area contributed by atoms with Crippen molar-refractivity contribution in [2.24, 2.45) is 11.3 Å². The molecule has 0 radical (unpaired) electrons. The molecular weight excluding hydrogens is 249 g/mol. The van der Waals surface area contributed by atoms with E-state index in [9.17, 15) is 4.39 Å². The molecule has 2 heteroatoms. The highest BCUT2D eigenvalue weighted by Crippen LogP contribution is 2.30. The van der Waals surface area contributed by atoms with Gasteiger partial charge in [-0.1, -0.05) is 46.8 Å². The maximum atomic E-state index is 13.4. The molecule has 0 heterocycles. The molecule has 1 aromatic carbocycles. The van der Waals surface area contributed by atoms with E-state index >= 15 is 0 Å². The summed E-state index contributed by atoms with van der Waals surface area (Å²) in [5.41, 5.74) is 1.41. The molecule has 0 spiro atoms. The number of rotatable bonds is 7. The molecule has 0 aliphatic carbocycles. The van der Waals surface area contributed by atoms with Gasteiger partial charge in [0.2, 0.25) is 0 Å². The zero-order chi connectivity index (χ0) is 15.2. The van der Waals surface area contributed by atoms with Gasteiger partial charge >= 0.3 is 0 Å². The molecule has 0 bridgehead atoms. The van der Waals surface area contributed by atoms with Crippen LogP contribution in [0, 0.1) is 17.2 Å². The Labute approximate surface area is 124 Å². The van der Waals surface area contributed by atoms with Gasteiger partial charge in [0.25, 0.3) is 0 Å². The Morgan fingerprint density at radius 2 is 1.95 bits per heavy atom. The highest BCUT2D eigenvalue weighted by atomic mass is 19.1. The van der Waals surface area contributed by atoms with Crippen molar-refractivity contribution in [1.82, 2.24) is 5.32 Å². The minimum absolute atomic E-state index is 0.144. The largest absolute Gasteiger partial charge is 0.310 e. The van der Waals surface area contributed by atoms with Gasteiger partial charge in [-0.05, 0) is 54.8 Å². The summed E-state index contributed by atoms with van der Waals surface area (Å²) >= 11 is 0. The van der Waals surface area contributed by atoms with E-state index in [1.54, 1.807) is 12.1 Å². The molecule has 2 unspecified atom stereocenters. The van der Waals surface area contributed by atoms with Crippen LogP contribution in [0.25, 0.3) is 0 Å². The van der Waals surface area contributed by atoms with E-state index in [1.807, 2.05) is 6.07 Å². The third-order valence-electron chi connectivity index (χ3n) is 3.49. The topological polar surface area (TPSA) is 12.0 Å². The van der Waals surface area contributed by atoms with Gasteiger partial charge in [-0.25, -0.2) is 4.39 Å². The summed E-state index contributed by atoms with van der Waals surface area (Å²) in [4.78, 5) is 0. The Bertz CT molecular complexity index is 395. The lowest BCUT2D eigenvalue weighted by atomic mass is 9.82. The lowest BCUT2D eigenvalue weighted by Crippen LogP contribution is -2.25. The molecule has 0 amide bonds. The normalized spacial score (nSPS) is 15.1. The van der Waals surface area contributed by atoms with E-state index in [1.165, 1.54) is 12.5 Å². The van der Waals surface area contributed by atoms with E-state index in [0.29, 0.717) is 11.3 Å². The van der Waals surface area contributed by atoms with Crippen LogP contribution in [0.3, 0.4) is 0 Å². The molecule has 0 saturated carbocycles. The average Bonchev–Trinajstić information content (AvgIpc) is 2.32. The van der Waals surface area contributed by atoms with Crippen molar-refractivity contribution in [3.05, 3.63) is 35.6 Å². The molecule has 114 valence electrons. The fraction of sp³-hybridized carbons (Fsp3) is 0.667. The van der Waals surface area contributed by atoms with Gasteiger partial charge in [0.1, 0.15) is 5.82 Å². The molecule has 0 aliphatic heterocycles. The van der Waals surface area contributed by atoms with Gasteiger partial charge in [-0.3, -0.25) is 0 Å². The Balaban J connectivity index is 2.74. The van der Waals surface area contributed by atoms with Crippen molar-refractivity contribution in [3.8, 4) is 0 Å². The molecule has 1 aromatic rings. The van der Waals surface area contributed by atoms with Crippen LogP contribution in [0.1, 0.15) is 65.5 Å². The van der Waals surface area contributed by atoms with Crippen molar-refractivity contribution in [2.75, 3.05) is 6.54 Å². The van der Waals surface area contributed by atoms with Gasteiger partial charge in [-0.2, -0.15) is 0 Å². The molecule has 1 N–H and O–H groups in total. The number of benzene rings is 1. The number of hydrogen-bond acceptors (Lipinski definition) is 1. The summed E-state index contributed by atoms with van der Waals surface area (Å²) < 4.78 is 13.4. The van der Waals surface area contributed by atoms with Crippen LogP contribution in [-0.4, -0.2) is 6.54 Å². The van der Waals surface area contributed by atoms with Gasteiger partial charge < -0.3 is 5.32 Å². The van der Waals surface area contributed by atoms with E-state index in [0.717, 1.165) is 24.9 Å². The minimum atomic E-state index is -0.144. The lowest BCUT2D eigenvalue weighted by Gasteiger charge is -2.27. The molecular formula is C18H30FN. The van der Waals surface area contributed by atoms with Crippen LogP contribution < -0.4 is 5.32 Å². The summed E-state index contributed by atoms with van der Waals surface area (Å²) in [5.74, 6) is 0.474. The Kier molecular flexibility index (Phi) is 6.67. The second-order valence-corrected chi connectivity index (χ2v) is 7.17. The van der Waals surface area contributed by atoms with Crippen LogP contribution in [0.4, 0.5) is 4.39 Å². The smallest absolute Gasteiger partial charge is 0.123 e. The molecule has 1 nitrogen and oxygen atoms in total. The Morgan fingerprint density at radius 1 is 1.25 bits per heavy atom. The van der Waals surface area contributed by atoms with E-state index in [-0.39, 0.29) is 11.9 Å². The summed E-state index contributed by atoms with van der Waals surface area (Å²) in [5, 5.41) is 3.56. The average molecular weight is 279 g/mol. The Morgan fingerprint density at radius 3 is 2.50 bits per heavy atom. The molecule has 2 atom stereocenters. The third-order valence-corrected chi connectivity index (χ3v) is 3.49. The van der Waals surface area contributed by atoms with Crippen molar-refractivity contribution < 1.29 is 4.39 Å². The first-order valence-corrected chi connectivity index (χ1v) is 7.80. The molecule has 20 heavy (non-hydrogen) atoms. The Hall–Kier alpha value is -0.890. The van der Waals surface area contributed by atoms with Crippen LogP contribution in [0.15, 0.2) is 24.3 Å². The predicted octanol–water partition coefficient (Wildman–Crippen LogP) is 5.33. The monoisotopic (exact) mass is 279 g/mol. The highest BCUT2D eigenvalue weighted by molar-refractivity contribution is 5.20. The standard InChI is InChI=1S/C18H30FN/c1-6-10-20-17(11-14(2)13-18(3,4)5)15-8-7-9-16(19)12-15/h7-9,12,14,17,20H,6,10-11,13H2,1-5H3. The van der Waals surface area contributed by atoms with Crippen molar-refractivity contribution in [1.29, 1.82) is 0 Å². The summed E-state index contributed by atoms with van der Waals surface area (Å²) in [6, 6.07) is 7.26. The SMILES string of the molecule is CCCNC(CC(C)CC(C)(C)C)c1cccc(F)c1. The minimum Gasteiger partial charge on any atom is -0.310 e. The van der Waals surface area contributed by atoms with Crippen LogP contribution in [-0.2, 0) is 0 Å². The molecule has 0 aromatic heterocycles. The van der Waals surface area contributed by atoms with E-state index in [4.69, 9.17) is 0 Å².